The molecule has 0 radical (unpaired) electrons. The molecule has 158 valence electrons. The molecule has 0 spiro atoms. The van der Waals surface area contributed by atoms with Crippen LogP contribution in [-0.2, 0) is 13.6 Å². The quantitative estimate of drug-likeness (QED) is 0.460. The Bertz CT molecular complexity index is 1190. The maximum absolute atomic E-state index is 12.7. The van der Waals surface area contributed by atoms with Gasteiger partial charge in [-0.2, -0.15) is 0 Å². The lowest BCUT2D eigenvalue weighted by Gasteiger charge is -2.12. The minimum Gasteiger partial charge on any atom is -0.378 e. The second-order valence-electron chi connectivity index (χ2n) is 7.05. The molecule has 1 atom stereocenters. The number of carbonyl (C=O) groups excluding carboxylic acids is 1. The van der Waals surface area contributed by atoms with Crippen molar-refractivity contribution in [3.05, 3.63) is 70.3 Å². The van der Waals surface area contributed by atoms with Crippen molar-refractivity contribution in [1.82, 2.24) is 35.0 Å². The Kier molecular flexibility index (Phi) is 5.99. The van der Waals surface area contributed by atoms with Crippen molar-refractivity contribution in [2.45, 2.75) is 26.4 Å². The number of nitrogens with zero attached hydrogens (tertiary/aromatic N) is 6. The van der Waals surface area contributed by atoms with Crippen molar-refractivity contribution in [2.24, 2.45) is 7.05 Å². The van der Waals surface area contributed by atoms with Crippen LogP contribution in [0.5, 0.6) is 0 Å². The second kappa shape index (κ2) is 9.00. The van der Waals surface area contributed by atoms with Crippen molar-refractivity contribution in [1.29, 1.82) is 0 Å². The van der Waals surface area contributed by atoms with Gasteiger partial charge in [-0.15, -0.1) is 21.5 Å². The molecule has 4 aromatic rings. The van der Waals surface area contributed by atoms with Gasteiger partial charge in [-0.1, -0.05) is 6.07 Å². The Balaban J connectivity index is 1.41. The van der Waals surface area contributed by atoms with E-state index in [1.165, 1.54) is 6.33 Å². The van der Waals surface area contributed by atoms with Crippen LogP contribution >= 0.6 is 11.3 Å². The van der Waals surface area contributed by atoms with E-state index in [4.69, 9.17) is 0 Å². The molecule has 0 aliphatic carbocycles. The molecule has 0 saturated heterocycles. The number of rotatable bonds is 7. The highest BCUT2D eigenvalue weighted by Gasteiger charge is 2.15. The van der Waals surface area contributed by atoms with Crippen molar-refractivity contribution >= 4 is 22.9 Å². The SMILES string of the molecule is Cc1csc(C(C)NC(=O)c2cccc(NCc3nnc(-c4ccncn4)n3C)c2)n1. The van der Waals surface area contributed by atoms with E-state index in [0.29, 0.717) is 23.6 Å². The highest BCUT2D eigenvalue weighted by Crippen LogP contribution is 2.19. The summed E-state index contributed by atoms with van der Waals surface area (Å²) in [4.78, 5) is 25.3. The number of nitrogens with one attached hydrogen (secondary N) is 2. The van der Waals surface area contributed by atoms with E-state index in [0.717, 1.165) is 22.2 Å². The molecule has 3 heterocycles. The first-order chi connectivity index (χ1) is 15.0. The molecule has 10 heteroatoms. The molecule has 0 saturated carbocycles. The summed E-state index contributed by atoms with van der Waals surface area (Å²) in [5.74, 6) is 1.27. The van der Waals surface area contributed by atoms with Crippen LogP contribution in [0.1, 0.15) is 39.8 Å². The minimum atomic E-state index is -0.151. The molecule has 1 unspecified atom stereocenters. The van der Waals surface area contributed by atoms with E-state index >= 15 is 0 Å². The van der Waals surface area contributed by atoms with Gasteiger partial charge in [-0.05, 0) is 38.1 Å². The van der Waals surface area contributed by atoms with E-state index < -0.39 is 0 Å². The van der Waals surface area contributed by atoms with Crippen LogP contribution in [0.3, 0.4) is 0 Å². The number of amides is 1. The van der Waals surface area contributed by atoms with Crippen molar-refractivity contribution in [3.63, 3.8) is 0 Å². The molecule has 0 aliphatic heterocycles. The Morgan fingerprint density at radius 3 is 2.87 bits per heavy atom. The van der Waals surface area contributed by atoms with Crippen molar-refractivity contribution in [2.75, 3.05) is 5.32 Å². The van der Waals surface area contributed by atoms with Gasteiger partial charge in [0.15, 0.2) is 11.6 Å². The van der Waals surface area contributed by atoms with E-state index in [-0.39, 0.29) is 11.9 Å². The number of aryl methyl sites for hydroxylation is 1. The van der Waals surface area contributed by atoms with Gasteiger partial charge in [0.25, 0.3) is 5.91 Å². The van der Waals surface area contributed by atoms with Gasteiger partial charge in [-0.25, -0.2) is 15.0 Å². The smallest absolute Gasteiger partial charge is 0.251 e. The van der Waals surface area contributed by atoms with Crippen LogP contribution in [0, 0.1) is 6.92 Å². The summed E-state index contributed by atoms with van der Waals surface area (Å²) >= 11 is 1.54. The first-order valence-electron chi connectivity index (χ1n) is 9.72. The van der Waals surface area contributed by atoms with Gasteiger partial charge < -0.3 is 15.2 Å². The number of thiazole rings is 1. The molecule has 3 aromatic heterocycles. The maximum atomic E-state index is 12.7. The molecule has 4 rings (SSSR count). The highest BCUT2D eigenvalue weighted by molar-refractivity contribution is 7.09. The van der Waals surface area contributed by atoms with Gasteiger partial charge in [0.05, 0.1) is 12.6 Å². The van der Waals surface area contributed by atoms with Crippen LogP contribution in [0.15, 0.2) is 48.2 Å². The number of carbonyl (C=O) groups is 1. The number of hydrogen-bond acceptors (Lipinski definition) is 8. The van der Waals surface area contributed by atoms with E-state index in [9.17, 15) is 4.79 Å². The largest absolute Gasteiger partial charge is 0.378 e. The van der Waals surface area contributed by atoms with E-state index in [1.807, 2.05) is 49.0 Å². The zero-order valence-electron chi connectivity index (χ0n) is 17.4. The number of hydrogen-bond donors (Lipinski definition) is 2. The van der Waals surface area contributed by atoms with Crippen LogP contribution in [-0.4, -0.2) is 35.6 Å². The Morgan fingerprint density at radius 2 is 2.13 bits per heavy atom. The second-order valence-corrected chi connectivity index (χ2v) is 7.94. The molecular weight excluding hydrogens is 412 g/mol. The molecular formula is C21H22N8OS. The first-order valence-corrected chi connectivity index (χ1v) is 10.6. The predicted molar refractivity (Wildman–Crippen MR) is 119 cm³/mol. The summed E-state index contributed by atoms with van der Waals surface area (Å²) in [5, 5.41) is 17.6. The van der Waals surface area contributed by atoms with Crippen molar-refractivity contribution in [3.8, 4) is 11.5 Å². The lowest BCUT2D eigenvalue weighted by Crippen LogP contribution is -2.26. The average Bonchev–Trinajstić information content (AvgIpc) is 3.38. The third kappa shape index (κ3) is 4.75. The van der Waals surface area contributed by atoms with E-state index in [1.54, 1.807) is 29.7 Å². The zero-order chi connectivity index (χ0) is 21.8. The molecule has 2 N–H and O–H groups in total. The fourth-order valence-electron chi connectivity index (χ4n) is 3.03. The van der Waals surface area contributed by atoms with Crippen LogP contribution < -0.4 is 10.6 Å². The topological polar surface area (TPSA) is 111 Å². The van der Waals surface area contributed by atoms with Gasteiger partial charge in [0.1, 0.15) is 17.0 Å². The molecule has 1 amide bonds. The third-order valence-corrected chi connectivity index (χ3v) is 5.85. The summed E-state index contributed by atoms with van der Waals surface area (Å²) in [6.07, 6.45) is 3.15. The summed E-state index contributed by atoms with van der Waals surface area (Å²) in [7, 11) is 1.89. The number of aromatic nitrogens is 6. The Hall–Kier alpha value is -3.66. The van der Waals surface area contributed by atoms with Gasteiger partial charge in [-0.3, -0.25) is 4.79 Å². The number of anilines is 1. The fraction of sp³-hybridized carbons (Fsp3) is 0.238. The van der Waals surface area contributed by atoms with Gasteiger partial charge in [0.2, 0.25) is 0 Å². The molecule has 31 heavy (non-hydrogen) atoms. The third-order valence-electron chi connectivity index (χ3n) is 4.71. The van der Waals surface area contributed by atoms with Crippen molar-refractivity contribution < 1.29 is 4.79 Å². The minimum absolute atomic E-state index is 0.145. The van der Waals surface area contributed by atoms with Crippen LogP contribution in [0.4, 0.5) is 5.69 Å². The van der Waals surface area contributed by atoms with Gasteiger partial charge >= 0.3 is 0 Å². The predicted octanol–water partition coefficient (Wildman–Crippen LogP) is 3.14. The monoisotopic (exact) mass is 434 g/mol. The van der Waals surface area contributed by atoms with Crippen LogP contribution in [0.25, 0.3) is 11.5 Å². The summed E-state index contributed by atoms with van der Waals surface area (Å²) in [5.41, 5.74) is 3.06. The number of benzene rings is 1. The summed E-state index contributed by atoms with van der Waals surface area (Å²) in [6.45, 7) is 4.33. The average molecular weight is 435 g/mol. The Labute approximate surface area is 183 Å². The summed E-state index contributed by atoms with van der Waals surface area (Å²) in [6, 6.07) is 9.00. The fourth-order valence-corrected chi connectivity index (χ4v) is 3.83. The highest BCUT2D eigenvalue weighted by atomic mass is 32.1. The lowest BCUT2D eigenvalue weighted by molar-refractivity contribution is 0.0940. The molecule has 0 bridgehead atoms. The normalized spacial score (nSPS) is 11.8. The van der Waals surface area contributed by atoms with E-state index in [2.05, 4.69) is 35.8 Å². The lowest BCUT2D eigenvalue weighted by atomic mass is 10.1. The van der Waals surface area contributed by atoms with Crippen LogP contribution in [0.2, 0.25) is 0 Å². The zero-order valence-corrected chi connectivity index (χ0v) is 18.2. The van der Waals surface area contributed by atoms with Gasteiger partial charge in [0, 0.05) is 35.6 Å². The molecule has 1 aromatic carbocycles. The molecule has 0 aliphatic rings. The maximum Gasteiger partial charge on any atom is 0.251 e. The molecule has 9 nitrogen and oxygen atoms in total. The first kappa shape index (κ1) is 20.6. The molecule has 0 fully saturated rings. The standard InChI is InChI=1S/C21H22N8OS/c1-13-11-31-21(25-13)14(2)26-20(30)15-5-4-6-16(9-15)23-10-18-27-28-19(29(18)3)17-7-8-22-12-24-17/h4-9,11-12,14,23H,10H2,1-3H3,(H,26,30). The summed E-state index contributed by atoms with van der Waals surface area (Å²) < 4.78 is 1.88. The Morgan fingerprint density at radius 1 is 1.26 bits per heavy atom.